The fourth-order valence-corrected chi connectivity index (χ4v) is 4.77. The van der Waals surface area contributed by atoms with Crippen LogP contribution in [0, 0.1) is 3.57 Å². The molecule has 0 aromatic heterocycles. The molecule has 0 radical (unpaired) electrons. The Labute approximate surface area is 182 Å². The highest BCUT2D eigenvalue weighted by atomic mass is 127. The van der Waals surface area contributed by atoms with E-state index in [0.717, 1.165) is 12.8 Å². The van der Waals surface area contributed by atoms with Crippen molar-refractivity contribution in [1.82, 2.24) is 9.80 Å². The molecular formula is C20H23IN2O6. The SMILES string of the molecule is COC(=O)[C@@H]1CCCN1C(=O)c1cccc(C(=O)N2CCC[C@H]2C(=O)OC)c1I. The molecule has 0 spiro atoms. The van der Waals surface area contributed by atoms with Gasteiger partial charge in [0.1, 0.15) is 12.1 Å². The fourth-order valence-electron chi connectivity index (χ4n) is 3.95. The Morgan fingerprint density at radius 1 is 0.862 bits per heavy atom. The number of methoxy groups -OCH3 is 2. The van der Waals surface area contributed by atoms with Crippen LogP contribution in [0.5, 0.6) is 0 Å². The van der Waals surface area contributed by atoms with Gasteiger partial charge in [-0.2, -0.15) is 0 Å². The van der Waals surface area contributed by atoms with E-state index in [4.69, 9.17) is 9.47 Å². The molecule has 2 heterocycles. The monoisotopic (exact) mass is 514 g/mol. The van der Waals surface area contributed by atoms with Crippen molar-refractivity contribution in [2.75, 3.05) is 27.3 Å². The molecule has 1 aromatic carbocycles. The molecule has 2 aliphatic rings. The Morgan fingerprint density at radius 2 is 1.28 bits per heavy atom. The lowest BCUT2D eigenvalue weighted by atomic mass is 10.1. The van der Waals surface area contributed by atoms with Gasteiger partial charge in [-0.1, -0.05) is 6.07 Å². The minimum atomic E-state index is -0.607. The summed E-state index contributed by atoms with van der Waals surface area (Å²) in [5.41, 5.74) is 0.724. The predicted octanol–water partition coefficient (Wildman–Crippen LogP) is 1.85. The van der Waals surface area contributed by atoms with Crippen molar-refractivity contribution >= 4 is 46.3 Å². The highest BCUT2D eigenvalue weighted by Crippen LogP contribution is 2.28. The van der Waals surface area contributed by atoms with Gasteiger partial charge >= 0.3 is 11.9 Å². The first-order valence-corrected chi connectivity index (χ1v) is 10.5. The Bertz CT molecular complexity index is 778. The largest absolute Gasteiger partial charge is 0.467 e. The summed E-state index contributed by atoms with van der Waals surface area (Å²) in [6, 6.07) is 3.73. The molecule has 2 atom stereocenters. The zero-order valence-electron chi connectivity index (χ0n) is 16.4. The van der Waals surface area contributed by atoms with Crippen molar-refractivity contribution in [2.24, 2.45) is 0 Å². The van der Waals surface area contributed by atoms with Crippen LogP contribution in [0.3, 0.4) is 0 Å². The van der Waals surface area contributed by atoms with E-state index < -0.39 is 24.0 Å². The molecule has 1 aromatic rings. The fraction of sp³-hybridized carbons (Fsp3) is 0.500. The summed E-state index contributed by atoms with van der Waals surface area (Å²) in [7, 11) is 2.61. The maximum absolute atomic E-state index is 13.1. The molecule has 29 heavy (non-hydrogen) atoms. The van der Waals surface area contributed by atoms with Crippen molar-refractivity contribution in [3.8, 4) is 0 Å². The molecule has 0 N–H and O–H groups in total. The molecule has 0 aliphatic carbocycles. The number of benzene rings is 1. The maximum atomic E-state index is 13.1. The van der Waals surface area contributed by atoms with Crippen LogP contribution >= 0.6 is 22.6 Å². The Balaban J connectivity index is 1.88. The highest BCUT2D eigenvalue weighted by molar-refractivity contribution is 14.1. The van der Waals surface area contributed by atoms with Gasteiger partial charge < -0.3 is 19.3 Å². The van der Waals surface area contributed by atoms with Gasteiger partial charge in [-0.15, -0.1) is 0 Å². The number of halogens is 1. The molecular weight excluding hydrogens is 491 g/mol. The lowest BCUT2D eigenvalue weighted by Crippen LogP contribution is -2.42. The zero-order valence-corrected chi connectivity index (χ0v) is 18.5. The van der Waals surface area contributed by atoms with Crippen molar-refractivity contribution < 1.29 is 28.7 Å². The second kappa shape index (κ2) is 9.10. The number of ether oxygens (including phenoxy) is 2. The number of rotatable bonds is 4. The van der Waals surface area contributed by atoms with E-state index in [1.165, 1.54) is 24.0 Å². The average molecular weight is 514 g/mol. The van der Waals surface area contributed by atoms with E-state index in [2.05, 4.69) is 0 Å². The number of carbonyl (C=O) groups is 4. The van der Waals surface area contributed by atoms with Crippen molar-refractivity contribution in [1.29, 1.82) is 0 Å². The summed E-state index contributed by atoms with van der Waals surface area (Å²) in [6.45, 7) is 0.923. The number of nitrogens with zero attached hydrogens (tertiary/aromatic N) is 2. The molecule has 8 nitrogen and oxygen atoms in total. The van der Waals surface area contributed by atoms with Crippen LogP contribution in [0.2, 0.25) is 0 Å². The third-order valence-corrected chi connectivity index (χ3v) is 6.60. The molecule has 2 saturated heterocycles. The zero-order chi connectivity index (χ0) is 21.1. The number of likely N-dealkylation sites (tertiary alicyclic amines) is 2. The van der Waals surface area contributed by atoms with Gasteiger partial charge in [0.2, 0.25) is 0 Å². The summed E-state index contributed by atoms with van der Waals surface area (Å²) in [5.74, 6) is -1.47. The van der Waals surface area contributed by atoms with Crippen LogP contribution in [0.15, 0.2) is 18.2 Å². The van der Waals surface area contributed by atoms with Crippen LogP contribution in [0.25, 0.3) is 0 Å². The molecule has 9 heteroatoms. The maximum Gasteiger partial charge on any atom is 0.328 e. The standard InChI is InChI=1S/C20H23IN2O6/c1-28-19(26)14-8-4-10-22(14)17(24)12-6-3-7-13(16(12)21)18(25)23-11-5-9-15(23)20(27)29-2/h3,6-7,14-15H,4-5,8-11H2,1-2H3/t14-,15-/m0/s1. The minimum absolute atomic E-state index is 0.303. The average Bonchev–Trinajstić information content (AvgIpc) is 3.41. The first-order chi connectivity index (χ1) is 13.9. The second-order valence-electron chi connectivity index (χ2n) is 7.03. The van der Waals surface area contributed by atoms with Gasteiger partial charge in [0.15, 0.2) is 0 Å². The van der Waals surface area contributed by atoms with Gasteiger partial charge in [0.25, 0.3) is 11.8 Å². The summed E-state index contributed by atoms with van der Waals surface area (Å²) in [4.78, 5) is 53.3. The third-order valence-electron chi connectivity index (χ3n) is 5.43. The quantitative estimate of drug-likeness (QED) is 0.450. The van der Waals surface area contributed by atoms with Crippen LogP contribution in [-0.2, 0) is 19.1 Å². The molecule has 3 rings (SSSR count). The van der Waals surface area contributed by atoms with Crippen LogP contribution in [-0.4, -0.2) is 72.9 Å². The molecule has 2 amide bonds. The van der Waals surface area contributed by atoms with E-state index in [-0.39, 0.29) is 11.8 Å². The summed E-state index contributed by atoms with van der Waals surface area (Å²) in [5, 5.41) is 0. The molecule has 0 bridgehead atoms. The predicted molar refractivity (Wildman–Crippen MR) is 111 cm³/mol. The molecule has 2 aliphatic heterocycles. The second-order valence-corrected chi connectivity index (χ2v) is 8.11. The molecule has 0 unspecified atom stereocenters. The van der Waals surface area contributed by atoms with Crippen LogP contribution in [0.1, 0.15) is 46.4 Å². The normalized spacial score (nSPS) is 21.2. The minimum Gasteiger partial charge on any atom is -0.467 e. The van der Waals surface area contributed by atoms with Crippen LogP contribution < -0.4 is 0 Å². The first-order valence-electron chi connectivity index (χ1n) is 9.46. The van der Waals surface area contributed by atoms with E-state index in [0.29, 0.717) is 40.6 Å². The molecule has 156 valence electrons. The Kier molecular flexibility index (Phi) is 6.76. The van der Waals surface area contributed by atoms with Gasteiger partial charge in [-0.3, -0.25) is 9.59 Å². The topological polar surface area (TPSA) is 93.2 Å². The highest BCUT2D eigenvalue weighted by Gasteiger charge is 2.38. The van der Waals surface area contributed by atoms with E-state index in [1.54, 1.807) is 18.2 Å². The smallest absolute Gasteiger partial charge is 0.328 e. The third kappa shape index (κ3) is 4.10. The van der Waals surface area contributed by atoms with Crippen LogP contribution in [0.4, 0.5) is 0 Å². The number of amides is 2. The summed E-state index contributed by atoms with van der Waals surface area (Å²) < 4.78 is 10.1. The Hall–Kier alpha value is -2.17. The lowest BCUT2D eigenvalue weighted by Gasteiger charge is -2.25. The van der Waals surface area contributed by atoms with E-state index >= 15 is 0 Å². The first kappa shape index (κ1) is 21.5. The van der Waals surface area contributed by atoms with Gasteiger partial charge in [-0.05, 0) is 60.4 Å². The van der Waals surface area contributed by atoms with Gasteiger partial charge in [0, 0.05) is 16.7 Å². The van der Waals surface area contributed by atoms with Gasteiger partial charge in [-0.25, -0.2) is 9.59 Å². The number of esters is 2. The summed E-state index contributed by atoms with van der Waals surface area (Å²) >= 11 is 1.98. The molecule has 2 fully saturated rings. The van der Waals surface area contributed by atoms with E-state index in [9.17, 15) is 19.2 Å². The number of hydrogen-bond acceptors (Lipinski definition) is 6. The summed E-state index contributed by atoms with van der Waals surface area (Å²) in [6.07, 6.45) is 2.55. The lowest BCUT2D eigenvalue weighted by molar-refractivity contribution is -0.145. The number of hydrogen-bond donors (Lipinski definition) is 0. The van der Waals surface area contributed by atoms with Gasteiger partial charge in [0.05, 0.1) is 25.3 Å². The Morgan fingerprint density at radius 3 is 1.66 bits per heavy atom. The van der Waals surface area contributed by atoms with Crippen molar-refractivity contribution in [3.63, 3.8) is 0 Å². The van der Waals surface area contributed by atoms with E-state index in [1.807, 2.05) is 22.6 Å². The molecule has 0 saturated carbocycles. The van der Waals surface area contributed by atoms with Crippen molar-refractivity contribution in [3.05, 3.63) is 32.9 Å². The van der Waals surface area contributed by atoms with Crippen molar-refractivity contribution in [2.45, 2.75) is 37.8 Å². The number of carbonyl (C=O) groups excluding carboxylic acids is 4.